The number of rotatable bonds is 5. The van der Waals surface area contributed by atoms with Gasteiger partial charge in [0.1, 0.15) is 0 Å². The Morgan fingerprint density at radius 2 is 1.11 bits per heavy atom. The number of carbonyl (C=O) groups excluding carboxylic acids is 3. The van der Waals surface area contributed by atoms with Gasteiger partial charge in [-0.2, -0.15) is 0 Å². The van der Waals surface area contributed by atoms with Gasteiger partial charge in [-0.15, -0.1) is 0 Å². The SMILES string of the molecule is O=C(c1ccccc1)c1ccc2c3ccccc3n(-c3cccc4c3C(=O)N(c3ccccc3-c3ccccc3)C4=O)c2c1. The third kappa shape index (κ3) is 3.83. The van der Waals surface area contributed by atoms with E-state index >= 15 is 0 Å². The van der Waals surface area contributed by atoms with Gasteiger partial charge in [-0.1, -0.05) is 115 Å². The van der Waals surface area contributed by atoms with Crippen LogP contribution in [0.2, 0.25) is 0 Å². The average molecular weight is 569 g/mol. The first kappa shape index (κ1) is 25.6. The molecule has 0 N–H and O–H groups in total. The Hall–Kier alpha value is -6.07. The summed E-state index contributed by atoms with van der Waals surface area (Å²) < 4.78 is 2.00. The number of nitrogens with zero attached hydrogens (tertiary/aromatic N) is 2. The number of carbonyl (C=O) groups is 3. The molecule has 2 amide bonds. The summed E-state index contributed by atoms with van der Waals surface area (Å²) in [6.07, 6.45) is 0. The first-order valence-electron chi connectivity index (χ1n) is 14.4. The summed E-state index contributed by atoms with van der Waals surface area (Å²) >= 11 is 0. The van der Waals surface area contributed by atoms with Gasteiger partial charge < -0.3 is 4.57 Å². The molecule has 0 spiro atoms. The van der Waals surface area contributed by atoms with Crippen LogP contribution in [0, 0.1) is 0 Å². The average Bonchev–Trinajstić information content (AvgIpc) is 3.55. The molecule has 0 aliphatic carbocycles. The van der Waals surface area contributed by atoms with Gasteiger partial charge in [-0.05, 0) is 35.9 Å². The number of imide groups is 1. The minimum absolute atomic E-state index is 0.0856. The lowest BCUT2D eigenvalue weighted by Crippen LogP contribution is -2.30. The summed E-state index contributed by atoms with van der Waals surface area (Å²) in [5.74, 6) is -0.833. The highest BCUT2D eigenvalue weighted by molar-refractivity contribution is 6.36. The van der Waals surface area contributed by atoms with Crippen LogP contribution in [0.15, 0.2) is 146 Å². The highest BCUT2D eigenvalue weighted by atomic mass is 16.2. The fraction of sp³-hybridized carbons (Fsp3) is 0. The van der Waals surface area contributed by atoms with E-state index in [1.54, 1.807) is 18.2 Å². The molecule has 6 aromatic carbocycles. The van der Waals surface area contributed by atoms with Gasteiger partial charge >= 0.3 is 0 Å². The van der Waals surface area contributed by atoms with Crippen LogP contribution in [0.25, 0.3) is 38.6 Å². The summed E-state index contributed by atoms with van der Waals surface area (Å²) in [6.45, 7) is 0. The number of ketones is 1. The number of anilines is 1. The van der Waals surface area contributed by atoms with Crippen molar-refractivity contribution in [3.8, 4) is 16.8 Å². The van der Waals surface area contributed by atoms with Crippen LogP contribution in [-0.4, -0.2) is 22.2 Å². The van der Waals surface area contributed by atoms with Gasteiger partial charge in [0.2, 0.25) is 0 Å². The molecule has 7 aromatic rings. The Bertz CT molecular complexity index is 2280. The van der Waals surface area contributed by atoms with Crippen molar-refractivity contribution in [3.05, 3.63) is 168 Å². The lowest BCUT2D eigenvalue weighted by atomic mass is 10.0. The van der Waals surface area contributed by atoms with E-state index in [0.29, 0.717) is 33.6 Å². The normalized spacial score (nSPS) is 12.7. The molecule has 5 heteroatoms. The maximum Gasteiger partial charge on any atom is 0.268 e. The van der Waals surface area contributed by atoms with Crippen LogP contribution >= 0.6 is 0 Å². The molecular weight excluding hydrogens is 544 g/mol. The highest BCUT2D eigenvalue weighted by Gasteiger charge is 2.40. The van der Waals surface area contributed by atoms with Crippen molar-refractivity contribution in [3.63, 3.8) is 0 Å². The molecule has 5 nitrogen and oxygen atoms in total. The van der Waals surface area contributed by atoms with E-state index in [-0.39, 0.29) is 17.6 Å². The second-order valence-electron chi connectivity index (χ2n) is 10.8. The monoisotopic (exact) mass is 568 g/mol. The lowest BCUT2D eigenvalue weighted by Gasteiger charge is -2.18. The molecule has 0 radical (unpaired) electrons. The van der Waals surface area contributed by atoms with E-state index in [1.807, 2.05) is 132 Å². The zero-order valence-electron chi connectivity index (χ0n) is 23.5. The first-order valence-corrected chi connectivity index (χ1v) is 14.4. The molecule has 8 rings (SSSR count). The molecule has 44 heavy (non-hydrogen) atoms. The van der Waals surface area contributed by atoms with Crippen molar-refractivity contribution < 1.29 is 14.4 Å². The van der Waals surface area contributed by atoms with Gasteiger partial charge in [0.25, 0.3) is 11.8 Å². The maximum atomic E-state index is 14.4. The van der Waals surface area contributed by atoms with E-state index in [2.05, 4.69) is 0 Å². The predicted molar refractivity (Wildman–Crippen MR) is 174 cm³/mol. The number of benzene rings is 6. The number of amides is 2. The molecular formula is C39H24N2O3. The Labute approximate surface area is 253 Å². The van der Waals surface area contributed by atoms with E-state index in [4.69, 9.17) is 0 Å². The topological polar surface area (TPSA) is 59.4 Å². The Balaban J connectivity index is 1.33. The minimum atomic E-state index is -0.383. The molecule has 208 valence electrons. The second kappa shape index (κ2) is 10.0. The third-order valence-electron chi connectivity index (χ3n) is 8.34. The van der Waals surface area contributed by atoms with Crippen molar-refractivity contribution in [2.45, 2.75) is 0 Å². The Morgan fingerprint density at radius 1 is 0.477 bits per heavy atom. The van der Waals surface area contributed by atoms with Crippen LogP contribution in [-0.2, 0) is 0 Å². The number of para-hydroxylation sites is 2. The predicted octanol–water partition coefficient (Wildman–Crippen LogP) is 8.48. The minimum Gasteiger partial charge on any atom is -0.308 e. The van der Waals surface area contributed by atoms with Crippen LogP contribution in [0.1, 0.15) is 36.6 Å². The molecule has 0 fully saturated rings. The summed E-state index contributed by atoms with van der Waals surface area (Å²) in [5, 5.41) is 1.94. The van der Waals surface area contributed by atoms with Gasteiger partial charge in [-0.3, -0.25) is 14.4 Å². The standard InChI is InChI=1S/C39H24N2O3/c42-37(26-14-5-2-6-15-26)27-22-23-30-29-17-8-10-20-33(29)40(35(30)24-27)34-21-11-18-31-36(34)39(44)41(38(31)43)32-19-9-7-16-28(32)25-12-3-1-4-13-25/h1-24H. The number of fused-ring (bicyclic) bond motifs is 4. The van der Waals surface area contributed by atoms with Gasteiger partial charge in [0.05, 0.1) is 33.5 Å². The third-order valence-corrected chi connectivity index (χ3v) is 8.34. The van der Waals surface area contributed by atoms with E-state index in [0.717, 1.165) is 32.9 Å². The second-order valence-corrected chi connectivity index (χ2v) is 10.8. The molecule has 0 saturated heterocycles. The number of aromatic nitrogens is 1. The van der Waals surface area contributed by atoms with Crippen LogP contribution in [0.3, 0.4) is 0 Å². The van der Waals surface area contributed by atoms with Crippen LogP contribution < -0.4 is 4.90 Å². The zero-order valence-corrected chi connectivity index (χ0v) is 23.5. The van der Waals surface area contributed by atoms with Crippen molar-refractivity contribution >= 4 is 45.1 Å². The van der Waals surface area contributed by atoms with Crippen molar-refractivity contribution in [2.24, 2.45) is 0 Å². The van der Waals surface area contributed by atoms with E-state index < -0.39 is 0 Å². The van der Waals surface area contributed by atoms with Crippen molar-refractivity contribution in [1.82, 2.24) is 4.57 Å². The summed E-state index contributed by atoms with van der Waals surface area (Å²) in [5.41, 5.74) is 6.33. The van der Waals surface area contributed by atoms with Gasteiger partial charge in [0.15, 0.2) is 5.78 Å². The molecule has 1 aliphatic heterocycles. The molecule has 0 saturated carbocycles. The van der Waals surface area contributed by atoms with E-state index in [1.165, 1.54) is 4.90 Å². The van der Waals surface area contributed by atoms with Crippen LogP contribution in [0.5, 0.6) is 0 Å². The largest absolute Gasteiger partial charge is 0.308 e. The fourth-order valence-corrected chi connectivity index (χ4v) is 6.33. The number of hydrogen-bond donors (Lipinski definition) is 0. The fourth-order valence-electron chi connectivity index (χ4n) is 6.33. The molecule has 0 atom stereocenters. The van der Waals surface area contributed by atoms with Gasteiger partial charge in [-0.25, -0.2) is 4.90 Å². The summed E-state index contributed by atoms with van der Waals surface area (Å²) in [4.78, 5) is 43.1. The smallest absolute Gasteiger partial charge is 0.268 e. The Morgan fingerprint density at radius 3 is 1.93 bits per heavy atom. The molecule has 2 heterocycles. The molecule has 1 aliphatic rings. The number of hydrogen-bond acceptors (Lipinski definition) is 3. The molecule has 0 bridgehead atoms. The van der Waals surface area contributed by atoms with Crippen molar-refractivity contribution in [1.29, 1.82) is 0 Å². The van der Waals surface area contributed by atoms with Gasteiger partial charge in [0, 0.05) is 27.5 Å². The van der Waals surface area contributed by atoms with E-state index in [9.17, 15) is 14.4 Å². The first-order chi connectivity index (χ1) is 21.6. The van der Waals surface area contributed by atoms with Crippen LogP contribution in [0.4, 0.5) is 5.69 Å². The quantitative estimate of drug-likeness (QED) is 0.155. The highest BCUT2D eigenvalue weighted by Crippen LogP contribution is 2.40. The molecule has 0 unspecified atom stereocenters. The summed E-state index contributed by atoms with van der Waals surface area (Å²) in [6, 6.07) is 45.4. The summed E-state index contributed by atoms with van der Waals surface area (Å²) in [7, 11) is 0. The maximum absolute atomic E-state index is 14.4. The zero-order chi connectivity index (χ0) is 29.8. The van der Waals surface area contributed by atoms with Crippen molar-refractivity contribution in [2.75, 3.05) is 4.90 Å². The Kier molecular flexibility index (Phi) is 5.84. The molecule has 1 aromatic heterocycles. The lowest BCUT2D eigenvalue weighted by molar-refractivity contribution is 0.0925.